The van der Waals surface area contributed by atoms with E-state index in [2.05, 4.69) is 0 Å². The third kappa shape index (κ3) is 2.42. The number of hydrogen-bond acceptors (Lipinski definition) is 3. The quantitative estimate of drug-likeness (QED) is 0.877. The molecular weight excluding hydrogens is 241 g/mol. The van der Waals surface area contributed by atoms with E-state index in [9.17, 15) is 14.0 Å². The second-order valence-corrected chi connectivity index (χ2v) is 4.14. The first kappa shape index (κ1) is 12.3. The maximum Gasteiger partial charge on any atom is 0.335 e. The smallest absolute Gasteiger partial charge is 0.335 e. The van der Waals surface area contributed by atoms with Crippen molar-refractivity contribution in [2.75, 3.05) is 13.6 Å². The van der Waals surface area contributed by atoms with Crippen LogP contribution < -0.4 is 4.74 Å². The number of carbonyl (C=O) groups excluding carboxylic acids is 1. The van der Waals surface area contributed by atoms with Crippen molar-refractivity contribution < 1.29 is 23.8 Å². The fourth-order valence-corrected chi connectivity index (χ4v) is 1.82. The molecule has 1 saturated heterocycles. The van der Waals surface area contributed by atoms with Gasteiger partial charge in [-0.15, -0.1) is 0 Å². The van der Waals surface area contributed by atoms with E-state index in [1.807, 2.05) is 0 Å². The summed E-state index contributed by atoms with van der Waals surface area (Å²) in [5.74, 6) is -2.07. The standard InChI is InChI=1S/C12H12FNO4/c1-14-3-2-10(11(14)15)18-9-5-7(12(16)17)4-8(13)6-9/h4-6,10H,2-3H2,1H3,(H,16,17). The number of halogens is 1. The van der Waals surface area contributed by atoms with Crippen molar-refractivity contribution in [2.24, 2.45) is 0 Å². The maximum absolute atomic E-state index is 13.2. The highest BCUT2D eigenvalue weighted by Crippen LogP contribution is 2.21. The summed E-state index contributed by atoms with van der Waals surface area (Å²) >= 11 is 0. The summed E-state index contributed by atoms with van der Waals surface area (Å²) in [4.78, 5) is 23.9. The monoisotopic (exact) mass is 253 g/mol. The van der Waals surface area contributed by atoms with Gasteiger partial charge in [0.05, 0.1) is 5.56 Å². The van der Waals surface area contributed by atoms with Crippen LogP contribution in [0, 0.1) is 5.82 Å². The third-order valence-corrected chi connectivity index (χ3v) is 2.77. The number of carboxylic acid groups (broad SMARTS) is 1. The molecule has 1 unspecified atom stereocenters. The molecule has 0 radical (unpaired) electrons. The topological polar surface area (TPSA) is 66.8 Å². The van der Waals surface area contributed by atoms with E-state index in [0.29, 0.717) is 13.0 Å². The van der Waals surface area contributed by atoms with Crippen LogP contribution >= 0.6 is 0 Å². The minimum Gasteiger partial charge on any atom is -0.480 e. The second-order valence-electron chi connectivity index (χ2n) is 4.14. The Bertz CT molecular complexity index is 503. The van der Waals surface area contributed by atoms with Gasteiger partial charge >= 0.3 is 5.97 Å². The van der Waals surface area contributed by atoms with Crippen LogP contribution in [-0.2, 0) is 4.79 Å². The van der Waals surface area contributed by atoms with Gasteiger partial charge in [-0.3, -0.25) is 4.79 Å². The van der Waals surface area contributed by atoms with Gasteiger partial charge in [-0.2, -0.15) is 0 Å². The predicted molar refractivity (Wildman–Crippen MR) is 60.0 cm³/mol. The van der Waals surface area contributed by atoms with Crippen molar-refractivity contribution in [3.63, 3.8) is 0 Å². The van der Waals surface area contributed by atoms with Gasteiger partial charge in [0.1, 0.15) is 11.6 Å². The van der Waals surface area contributed by atoms with Crippen LogP contribution in [0.15, 0.2) is 18.2 Å². The van der Waals surface area contributed by atoms with Crippen molar-refractivity contribution >= 4 is 11.9 Å². The minimum absolute atomic E-state index is 0.0565. The Hall–Kier alpha value is -2.11. The summed E-state index contributed by atoms with van der Waals surface area (Å²) in [7, 11) is 1.65. The molecule has 1 amide bonds. The first-order chi connectivity index (χ1) is 8.47. The largest absolute Gasteiger partial charge is 0.480 e. The van der Waals surface area contributed by atoms with Crippen LogP contribution in [0.1, 0.15) is 16.8 Å². The number of ether oxygens (including phenoxy) is 1. The van der Waals surface area contributed by atoms with Crippen LogP contribution in [0.25, 0.3) is 0 Å². The fraction of sp³-hybridized carbons (Fsp3) is 0.333. The molecule has 0 saturated carbocycles. The molecule has 1 aliphatic rings. The van der Waals surface area contributed by atoms with Crippen LogP contribution in [0.5, 0.6) is 5.75 Å². The lowest BCUT2D eigenvalue weighted by Gasteiger charge is -2.13. The third-order valence-electron chi connectivity index (χ3n) is 2.77. The van der Waals surface area contributed by atoms with Crippen molar-refractivity contribution in [3.8, 4) is 5.75 Å². The average molecular weight is 253 g/mol. The number of rotatable bonds is 3. The van der Waals surface area contributed by atoms with Crippen LogP contribution in [-0.4, -0.2) is 41.6 Å². The number of carbonyl (C=O) groups is 2. The van der Waals surface area contributed by atoms with E-state index in [4.69, 9.17) is 9.84 Å². The van der Waals surface area contributed by atoms with Crippen molar-refractivity contribution in [3.05, 3.63) is 29.6 Å². The summed E-state index contributed by atoms with van der Waals surface area (Å²) in [6.45, 7) is 0.574. The van der Waals surface area contributed by atoms with E-state index in [0.717, 1.165) is 12.1 Å². The zero-order valence-corrected chi connectivity index (χ0v) is 9.72. The summed E-state index contributed by atoms with van der Waals surface area (Å²) < 4.78 is 18.5. The predicted octanol–water partition coefficient (Wildman–Crippen LogP) is 1.13. The second kappa shape index (κ2) is 4.64. The molecule has 1 aliphatic heterocycles. The lowest BCUT2D eigenvalue weighted by atomic mass is 10.2. The van der Waals surface area contributed by atoms with Crippen LogP contribution in [0.2, 0.25) is 0 Å². The van der Waals surface area contributed by atoms with Crippen molar-refractivity contribution in [1.82, 2.24) is 4.90 Å². The minimum atomic E-state index is -1.24. The molecule has 1 atom stereocenters. The summed E-state index contributed by atoms with van der Waals surface area (Å²) in [6, 6.07) is 3.17. The average Bonchev–Trinajstić information content (AvgIpc) is 2.60. The molecule has 2 rings (SSSR count). The van der Waals surface area contributed by atoms with Gasteiger partial charge in [0.15, 0.2) is 6.10 Å². The number of likely N-dealkylation sites (tertiary alicyclic amines) is 1. The molecule has 6 heteroatoms. The Morgan fingerprint density at radius 3 is 2.78 bits per heavy atom. The highest BCUT2D eigenvalue weighted by molar-refractivity contribution is 5.88. The van der Waals surface area contributed by atoms with Gasteiger partial charge < -0.3 is 14.7 Å². The number of benzene rings is 1. The number of nitrogens with zero attached hydrogens (tertiary/aromatic N) is 1. The lowest BCUT2D eigenvalue weighted by molar-refractivity contribution is -0.132. The van der Waals surface area contributed by atoms with Gasteiger partial charge in [-0.25, -0.2) is 9.18 Å². The van der Waals surface area contributed by atoms with E-state index < -0.39 is 17.9 Å². The molecule has 1 aromatic carbocycles. The number of carboxylic acids is 1. The molecule has 0 aromatic heterocycles. The van der Waals surface area contributed by atoms with Gasteiger partial charge in [0.2, 0.25) is 0 Å². The summed E-state index contributed by atoms with van der Waals surface area (Å²) in [5, 5.41) is 8.79. The van der Waals surface area contributed by atoms with E-state index in [1.54, 1.807) is 7.05 Å². The highest BCUT2D eigenvalue weighted by Gasteiger charge is 2.31. The Morgan fingerprint density at radius 2 is 2.22 bits per heavy atom. The molecule has 18 heavy (non-hydrogen) atoms. The van der Waals surface area contributed by atoms with Gasteiger partial charge in [0, 0.05) is 26.1 Å². The Labute approximate surface area is 103 Å². The highest BCUT2D eigenvalue weighted by atomic mass is 19.1. The van der Waals surface area contributed by atoms with Gasteiger partial charge in [-0.05, 0) is 12.1 Å². The van der Waals surface area contributed by atoms with E-state index >= 15 is 0 Å². The van der Waals surface area contributed by atoms with Crippen LogP contribution in [0.4, 0.5) is 4.39 Å². The van der Waals surface area contributed by atoms with Crippen molar-refractivity contribution in [2.45, 2.75) is 12.5 Å². The first-order valence-electron chi connectivity index (χ1n) is 5.43. The van der Waals surface area contributed by atoms with Gasteiger partial charge in [0.25, 0.3) is 5.91 Å². The maximum atomic E-state index is 13.2. The Balaban J connectivity index is 2.19. The number of hydrogen-bond donors (Lipinski definition) is 1. The molecule has 0 bridgehead atoms. The SMILES string of the molecule is CN1CCC(Oc2cc(F)cc(C(=O)O)c2)C1=O. The zero-order chi connectivity index (χ0) is 13.3. The number of aromatic carboxylic acids is 1. The molecule has 0 spiro atoms. The molecule has 5 nitrogen and oxygen atoms in total. The summed E-state index contributed by atoms with van der Waals surface area (Å²) in [6.07, 6.45) is -0.160. The van der Waals surface area contributed by atoms with E-state index in [-0.39, 0.29) is 17.2 Å². The molecular formula is C12H12FNO4. The zero-order valence-electron chi connectivity index (χ0n) is 9.72. The van der Waals surface area contributed by atoms with Crippen LogP contribution in [0.3, 0.4) is 0 Å². The summed E-state index contributed by atoms with van der Waals surface area (Å²) in [5.41, 5.74) is -0.205. The molecule has 96 valence electrons. The molecule has 1 fully saturated rings. The molecule has 1 N–H and O–H groups in total. The molecule has 1 heterocycles. The Morgan fingerprint density at radius 1 is 1.50 bits per heavy atom. The molecule has 1 aromatic rings. The van der Waals surface area contributed by atoms with Gasteiger partial charge in [-0.1, -0.05) is 0 Å². The lowest BCUT2D eigenvalue weighted by Crippen LogP contribution is -2.29. The number of likely N-dealkylation sites (N-methyl/N-ethyl adjacent to an activating group) is 1. The molecule has 0 aliphatic carbocycles. The normalized spacial score (nSPS) is 19.1. The first-order valence-corrected chi connectivity index (χ1v) is 5.43. The Kier molecular flexibility index (Phi) is 3.18. The van der Waals surface area contributed by atoms with Crippen molar-refractivity contribution in [1.29, 1.82) is 0 Å². The number of amides is 1. The van der Waals surface area contributed by atoms with E-state index in [1.165, 1.54) is 11.0 Å². The fourth-order valence-electron chi connectivity index (χ4n) is 1.82.